The first-order chi connectivity index (χ1) is 17.9. The number of rotatable bonds is 10. The van der Waals surface area contributed by atoms with Crippen molar-refractivity contribution in [2.24, 2.45) is 5.73 Å². The molecular weight excluding hydrogens is 466 g/mol. The number of primary amides is 1. The van der Waals surface area contributed by atoms with Gasteiger partial charge in [0.25, 0.3) is 0 Å². The van der Waals surface area contributed by atoms with Crippen LogP contribution in [0.5, 0.6) is 0 Å². The summed E-state index contributed by atoms with van der Waals surface area (Å²) in [6.07, 6.45) is 4.98. The molecule has 0 saturated carbocycles. The number of nitrogens with one attached hydrogen (secondary N) is 2. The SMILES string of the molecule is CC(CN[C@H](C(=O)Nc1ccc(-c2cnn(CC(N)=O)c2)cn1)c1ccccc1)c1ccc(C#N)cc1. The van der Waals surface area contributed by atoms with Crippen LogP contribution in [0.2, 0.25) is 0 Å². The maximum absolute atomic E-state index is 13.3. The summed E-state index contributed by atoms with van der Waals surface area (Å²) in [4.78, 5) is 28.8. The number of amides is 2. The molecule has 9 nitrogen and oxygen atoms in total. The third kappa shape index (κ3) is 6.66. The Morgan fingerprint density at radius 1 is 1.00 bits per heavy atom. The molecule has 0 bridgehead atoms. The summed E-state index contributed by atoms with van der Waals surface area (Å²) >= 11 is 0. The highest BCUT2D eigenvalue weighted by Gasteiger charge is 2.22. The molecule has 4 aromatic rings. The Morgan fingerprint density at radius 2 is 1.76 bits per heavy atom. The largest absolute Gasteiger partial charge is 0.368 e. The van der Waals surface area contributed by atoms with Gasteiger partial charge in [0.15, 0.2) is 0 Å². The highest BCUT2D eigenvalue weighted by molar-refractivity contribution is 5.95. The van der Waals surface area contributed by atoms with Gasteiger partial charge in [-0.3, -0.25) is 14.3 Å². The van der Waals surface area contributed by atoms with E-state index in [2.05, 4.69) is 33.7 Å². The number of pyridine rings is 1. The van der Waals surface area contributed by atoms with Gasteiger partial charge in [0, 0.05) is 30.1 Å². The summed E-state index contributed by atoms with van der Waals surface area (Å²) in [5.74, 6) is -0.160. The van der Waals surface area contributed by atoms with E-state index in [0.29, 0.717) is 17.9 Å². The fraction of sp³-hybridized carbons (Fsp3) is 0.179. The Morgan fingerprint density at radius 3 is 2.41 bits per heavy atom. The molecule has 0 aliphatic rings. The second kappa shape index (κ2) is 11.7. The van der Waals surface area contributed by atoms with Crippen LogP contribution in [0.4, 0.5) is 5.82 Å². The molecule has 0 aliphatic carbocycles. The van der Waals surface area contributed by atoms with Crippen molar-refractivity contribution in [3.63, 3.8) is 0 Å². The van der Waals surface area contributed by atoms with Crippen molar-refractivity contribution in [1.29, 1.82) is 5.26 Å². The monoisotopic (exact) mass is 493 g/mol. The zero-order valence-electron chi connectivity index (χ0n) is 20.3. The number of benzene rings is 2. The molecule has 2 aromatic heterocycles. The maximum Gasteiger partial charge on any atom is 0.247 e. The Kier molecular flexibility index (Phi) is 8.03. The maximum atomic E-state index is 13.3. The van der Waals surface area contributed by atoms with Crippen molar-refractivity contribution in [2.75, 3.05) is 11.9 Å². The van der Waals surface area contributed by atoms with E-state index in [1.807, 2.05) is 48.5 Å². The molecule has 0 spiro atoms. The van der Waals surface area contributed by atoms with Gasteiger partial charge in [-0.15, -0.1) is 0 Å². The average molecular weight is 494 g/mol. The molecule has 2 amide bonds. The van der Waals surface area contributed by atoms with Gasteiger partial charge in [-0.2, -0.15) is 10.4 Å². The fourth-order valence-corrected chi connectivity index (χ4v) is 3.90. The molecule has 4 rings (SSSR count). The fourth-order valence-electron chi connectivity index (χ4n) is 3.90. The van der Waals surface area contributed by atoms with Crippen molar-refractivity contribution in [2.45, 2.75) is 25.4 Å². The molecular formula is C28H27N7O2. The molecule has 2 aromatic carbocycles. The van der Waals surface area contributed by atoms with Crippen LogP contribution in [0.15, 0.2) is 85.3 Å². The van der Waals surface area contributed by atoms with Gasteiger partial charge in [-0.1, -0.05) is 49.4 Å². The molecule has 0 saturated heterocycles. The number of anilines is 1. The predicted molar refractivity (Wildman–Crippen MR) is 140 cm³/mol. The van der Waals surface area contributed by atoms with E-state index < -0.39 is 11.9 Å². The van der Waals surface area contributed by atoms with E-state index in [9.17, 15) is 9.59 Å². The zero-order chi connectivity index (χ0) is 26.2. The molecule has 2 heterocycles. The predicted octanol–water partition coefficient (Wildman–Crippen LogP) is 3.38. The zero-order valence-corrected chi connectivity index (χ0v) is 20.3. The first-order valence-corrected chi connectivity index (χ1v) is 11.8. The number of carbonyl (C=O) groups excluding carboxylic acids is 2. The number of carbonyl (C=O) groups is 2. The standard InChI is InChI=1S/C28H27N7O2/c1-19(21-9-7-20(13-29)8-10-21)14-32-27(22-5-3-2-4-6-22)28(37)34-26-12-11-23(15-31-26)24-16-33-35(17-24)18-25(30)36/h2-12,15-17,19,27,32H,14,18H2,1H3,(H2,30,36)(H,31,34,37)/t19?,27-/m0/s1. The normalized spacial score (nSPS) is 12.3. The van der Waals surface area contributed by atoms with Crippen LogP contribution in [0.25, 0.3) is 11.1 Å². The van der Waals surface area contributed by atoms with Gasteiger partial charge in [0.2, 0.25) is 11.8 Å². The minimum Gasteiger partial charge on any atom is -0.368 e. The van der Waals surface area contributed by atoms with E-state index in [0.717, 1.165) is 22.3 Å². The Labute approximate surface area is 215 Å². The molecule has 4 N–H and O–H groups in total. The van der Waals surface area contributed by atoms with Crippen LogP contribution in [-0.4, -0.2) is 33.1 Å². The lowest BCUT2D eigenvalue weighted by Crippen LogP contribution is -2.35. The molecule has 37 heavy (non-hydrogen) atoms. The van der Waals surface area contributed by atoms with E-state index in [1.54, 1.807) is 36.8 Å². The molecule has 0 fully saturated rings. The van der Waals surface area contributed by atoms with Gasteiger partial charge in [-0.25, -0.2) is 4.98 Å². The third-order valence-electron chi connectivity index (χ3n) is 5.93. The summed E-state index contributed by atoms with van der Waals surface area (Å²) in [5, 5.41) is 19.4. The van der Waals surface area contributed by atoms with Crippen molar-refractivity contribution in [3.8, 4) is 17.2 Å². The first kappa shape index (κ1) is 25.3. The first-order valence-electron chi connectivity index (χ1n) is 11.8. The lowest BCUT2D eigenvalue weighted by atomic mass is 9.98. The lowest BCUT2D eigenvalue weighted by Gasteiger charge is -2.21. The number of nitrogens with zero attached hydrogens (tertiary/aromatic N) is 4. The van der Waals surface area contributed by atoms with E-state index in [1.165, 1.54) is 4.68 Å². The molecule has 9 heteroatoms. The smallest absolute Gasteiger partial charge is 0.247 e. The van der Waals surface area contributed by atoms with Crippen LogP contribution < -0.4 is 16.4 Å². The number of hydrogen-bond donors (Lipinski definition) is 3. The van der Waals surface area contributed by atoms with Crippen molar-refractivity contribution in [1.82, 2.24) is 20.1 Å². The van der Waals surface area contributed by atoms with Crippen LogP contribution in [0, 0.1) is 11.3 Å². The topological polar surface area (TPSA) is 139 Å². The molecule has 1 unspecified atom stereocenters. The molecule has 2 atom stereocenters. The van der Waals surface area contributed by atoms with E-state index >= 15 is 0 Å². The Bertz CT molecular complexity index is 1390. The summed E-state index contributed by atoms with van der Waals surface area (Å²) in [5.41, 5.74) is 9.33. The number of hydrogen-bond acceptors (Lipinski definition) is 6. The highest BCUT2D eigenvalue weighted by Crippen LogP contribution is 2.22. The van der Waals surface area contributed by atoms with Crippen LogP contribution in [0.3, 0.4) is 0 Å². The Hall–Kier alpha value is -4.81. The summed E-state index contributed by atoms with van der Waals surface area (Å²) in [7, 11) is 0. The Balaban J connectivity index is 1.44. The van der Waals surface area contributed by atoms with Crippen LogP contribution in [0.1, 0.15) is 35.6 Å². The van der Waals surface area contributed by atoms with Crippen LogP contribution in [-0.2, 0) is 16.1 Å². The summed E-state index contributed by atoms with van der Waals surface area (Å²) < 4.78 is 1.46. The molecule has 0 aliphatic heterocycles. The second-order valence-electron chi connectivity index (χ2n) is 8.70. The van der Waals surface area contributed by atoms with E-state index in [-0.39, 0.29) is 18.4 Å². The van der Waals surface area contributed by atoms with Gasteiger partial charge >= 0.3 is 0 Å². The summed E-state index contributed by atoms with van der Waals surface area (Å²) in [6, 6.07) is 22.1. The lowest BCUT2D eigenvalue weighted by molar-refractivity contribution is -0.119. The minimum atomic E-state index is -0.587. The van der Waals surface area contributed by atoms with Crippen LogP contribution >= 0.6 is 0 Å². The van der Waals surface area contributed by atoms with Gasteiger partial charge in [0.05, 0.1) is 17.8 Å². The third-order valence-corrected chi connectivity index (χ3v) is 5.93. The van der Waals surface area contributed by atoms with Gasteiger partial charge < -0.3 is 16.4 Å². The van der Waals surface area contributed by atoms with Gasteiger partial charge in [-0.05, 0) is 41.3 Å². The van der Waals surface area contributed by atoms with Crippen molar-refractivity contribution < 1.29 is 9.59 Å². The van der Waals surface area contributed by atoms with Crippen molar-refractivity contribution in [3.05, 3.63) is 102 Å². The molecule has 186 valence electrons. The average Bonchev–Trinajstić information content (AvgIpc) is 3.37. The van der Waals surface area contributed by atoms with Crippen molar-refractivity contribution >= 4 is 17.6 Å². The van der Waals surface area contributed by atoms with Gasteiger partial charge in [0.1, 0.15) is 18.4 Å². The summed E-state index contributed by atoms with van der Waals surface area (Å²) in [6.45, 7) is 2.62. The number of aromatic nitrogens is 3. The second-order valence-corrected chi connectivity index (χ2v) is 8.70. The quantitative estimate of drug-likeness (QED) is 0.310. The molecule has 0 radical (unpaired) electrons. The number of nitriles is 1. The van der Waals surface area contributed by atoms with E-state index in [4.69, 9.17) is 11.0 Å². The number of nitrogens with two attached hydrogens (primary N) is 1. The minimum absolute atomic E-state index is 0.000756. The highest BCUT2D eigenvalue weighted by atomic mass is 16.2.